The van der Waals surface area contributed by atoms with Gasteiger partial charge in [-0.3, -0.25) is 19.9 Å². The quantitative estimate of drug-likeness (QED) is 0.634. The summed E-state index contributed by atoms with van der Waals surface area (Å²) in [5, 5.41) is 8.77. The highest BCUT2D eigenvalue weighted by Crippen LogP contribution is 2.50. The van der Waals surface area contributed by atoms with E-state index in [1.54, 1.807) is 11.7 Å². The van der Waals surface area contributed by atoms with E-state index in [0.717, 1.165) is 30.8 Å². The van der Waals surface area contributed by atoms with Crippen LogP contribution >= 0.6 is 0 Å². The van der Waals surface area contributed by atoms with Crippen molar-refractivity contribution in [3.63, 3.8) is 0 Å². The predicted octanol–water partition coefficient (Wildman–Crippen LogP) is 1.43. The third-order valence-electron chi connectivity index (χ3n) is 6.31. The van der Waals surface area contributed by atoms with Gasteiger partial charge in [-0.25, -0.2) is 5.48 Å². The van der Waals surface area contributed by atoms with Crippen molar-refractivity contribution in [2.45, 2.75) is 44.7 Å². The maximum atomic E-state index is 11.5. The number of carbonyl (C=O) groups is 1. The number of pyridine rings is 1. The fraction of sp³-hybridized carbons (Fsp3) is 0.667. The molecule has 6 nitrogen and oxygen atoms in total. The van der Waals surface area contributed by atoms with Gasteiger partial charge in [-0.1, -0.05) is 0 Å². The third-order valence-corrected chi connectivity index (χ3v) is 6.31. The molecule has 1 amide bonds. The summed E-state index contributed by atoms with van der Waals surface area (Å²) in [6.07, 6.45) is 7.82. The molecular formula is C18H26N4O2. The Balaban J connectivity index is 1.49. The van der Waals surface area contributed by atoms with E-state index in [-0.39, 0.29) is 0 Å². The number of hydrogen-bond donors (Lipinski definition) is 2. The molecule has 1 aromatic heterocycles. The average Bonchev–Trinajstić information content (AvgIpc) is 2.59. The number of nitrogens with zero attached hydrogens (tertiary/aromatic N) is 3. The summed E-state index contributed by atoms with van der Waals surface area (Å²) in [6, 6.07) is 2.55. The second-order valence-corrected chi connectivity index (χ2v) is 7.75. The first-order chi connectivity index (χ1) is 11.6. The van der Waals surface area contributed by atoms with E-state index < -0.39 is 5.91 Å². The van der Waals surface area contributed by atoms with Crippen LogP contribution < -0.4 is 5.48 Å². The number of amides is 1. The lowest BCUT2D eigenvalue weighted by Crippen LogP contribution is -2.61. The molecule has 1 spiro atoms. The number of hydrogen-bond acceptors (Lipinski definition) is 5. The number of piperidine rings is 1. The number of hydroxylamine groups is 1. The Kier molecular flexibility index (Phi) is 4.06. The van der Waals surface area contributed by atoms with Crippen molar-refractivity contribution < 1.29 is 10.0 Å². The van der Waals surface area contributed by atoms with E-state index in [1.807, 2.05) is 6.07 Å². The van der Waals surface area contributed by atoms with E-state index in [0.29, 0.717) is 17.0 Å². The summed E-state index contributed by atoms with van der Waals surface area (Å²) in [5.41, 5.74) is 4.82. The summed E-state index contributed by atoms with van der Waals surface area (Å²) in [6.45, 7) is 4.38. The Morgan fingerprint density at radius 3 is 3.00 bits per heavy atom. The van der Waals surface area contributed by atoms with Crippen LogP contribution in [0.5, 0.6) is 0 Å². The molecule has 2 N–H and O–H groups in total. The lowest BCUT2D eigenvalue weighted by Gasteiger charge is -2.58. The molecule has 2 fully saturated rings. The maximum Gasteiger partial charge on any atom is 0.276 e. The minimum Gasteiger partial charge on any atom is -0.306 e. The first-order valence-electron chi connectivity index (χ1n) is 8.96. The van der Waals surface area contributed by atoms with Crippen LogP contribution in [0.2, 0.25) is 0 Å². The van der Waals surface area contributed by atoms with Crippen LogP contribution in [0.25, 0.3) is 0 Å². The van der Waals surface area contributed by atoms with Gasteiger partial charge in [0.1, 0.15) is 0 Å². The van der Waals surface area contributed by atoms with Crippen molar-refractivity contribution in [1.29, 1.82) is 0 Å². The number of likely N-dealkylation sites (tertiary alicyclic amines) is 1. The molecule has 130 valence electrons. The van der Waals surface area contributed by atoms with Crippen LogP contribution in [0, 0.1) is 5.41 Å². The molecule has 1 saturated heterocycles. The molecule has 0 aromatic carbocycles. The number of nitrogens with one attached hydrogen (secondary N) is 1. The molecule has 1 aromatic rings. The Labute approximate surface area is 142 Å². The zero-order valence-corrected chi connectivity index (χ0v) is 14.3. The zero-order valence-electron chi connectivity index (χ0n) is 14.3. The van der Waals surface area contributed by atoms with Crippen LogP contribution in [-0.4, -0.2) is 58.6 Å². The Morgan fingerprint density at radius 1 is 1.42 bits per heavy atom. The second-order valence-electron chi connectivity index (χ2n) is 7.75. The van der Waals surface area contributed by atoms with Gasteiger partial charge in [-0.2, -0.15) is 0 Å². The average molecular weight is 330 g/mol. The first kappa shape index (κ1) is 16.0. The molecule has 24 heavy (non-hydrogen) atoms. The number of carbonyl (C=O) groups excluding carboxylic acids is 1. The van der Waals surface area contributed by atoms with E-state index >= 15 is 0 Å². The molecule has 3 heterocycles. The summed E-state index contributed by atoms with van der Waals surface area (Å²) >= 11 is 0. The van der Waals surface area contributed by atoms with Gasteiger partial charge < -0.3 is 4.90 Å². The number of rotatable bonds is 2. The van der Waals surface area contributed by atoms with Gasteiger partial charge in [-0.15, -0.1) is 0 Å². The van der Waals surface area contributed by atoms with Crippen molar-refractivity contribution in [1.82, 2.24) is 20.3 Å². The number of fused-ring (bicyclic) bond motifs is 1. The van der Waals surface area contributed by atoms with Crippen molar-refractivity contribution in [2.75, 3.05) is 26.7 Å². The summed E-state index contributed by atoms with van der Waals surface area (Å²) in [4.78, 5) is 21.2. The van der Waals surface area contributed by atoms with Crippen LogP contribution in [0.15, 0.2) is 12.3 Å². The van der Waals surface area contributed by atoms with E-state index in [9.17, 15) is 4.79 Å². The fourth-order valence-corrected chi connectivity index (χ4v) is 5.01. The molecular weight excluding hydrogens is 304 g/mol. The molecule has 2 aliphatic heterocycles. The van der Waals surface area contributed by atoms with Gasteiger partial charge in [0.05, 0.1) is 11.3 Å². The summed E-state index contributed by atoms with van der Waals surface area (Å²) < 4.78 is 0. The fourth-order valence-electron chi connectivity index (χ4n) is 5.01. The van der Waals surface area contributed by atoms with Crippen molar-refractivity contribution >= 4 is 5.91 Å². The van der Waals surface area contributed by atoms with Gasteiger partial charge in [0, 0.05) is 31.9 Å². The predicted molar refractivity (Wildman–Crippen MR) is 89.8 cm³/mol. The second kappa shape index (κ2) is 6.10. The molecule has 6 heteroatoms. The van der Waals surface area contributed by atoms with E-state index in [4.69, 9.17) is 5.21 Å². The van der Waals surface area contributed by atoms with Crippen molar-refractivity contribution in [2.24, 2.45) is 5.41 Å². The molecule has 3 aliphatic rings. The van der Waals surface area contributed by atoms with Crippen molar-refractivity contribution in [3.05, 3.63) is 29.1 Å². The van der Waals surface area contributed by atoms with Crippen LogP contribution in [0.1, 0.15) is 47.3 Å². The highest BCUT2D eigenvalue weighted by atomic mass is 16.5. The highest BCUT2D eigenvalue weighted by molar-refractivity contribution is 5.93. The first-order valence-corrected chi connectivity index (χ1v) is 8.96. The van der Waals surface area contributed by atoms with Gasteiger partial charge in [0.25, 0.3) is 5.91 Å². The largest absolute Gasteiger partial charge is 0.306 e. The van der Waals surface area contributed by atoms with Crippen LogP contribution in [0.3, 0.4) is 0 Å². The SMILES string of the molecule is CN1CCC[C@@]2(CC[C@@H]2N2CCc3cc(C(=O)NO)cnc3C2)C1. The lowest BCUT2D eigenvalue weighted by molar-refractivity contribution is -0.0754. The lowest BCUT2D eigenvalue weighted by atomic mass is 9.59. The minimum absolute atomic E-state index is 0.429. The Morgan fingerprint density at radius 2 is 2.29 bits per heavy atom. The molecule has 0 unspecified atom stereocenters. The molecule has 4 rings (SSSR count). The summed E-state index contributed by atoms with van der Waals surface area (Å²) in [7, 11) is 2.25. The van der Waals surface area contributed by atoms with Crippen LogP contribution in [0.4, 0.5) is 0 Å². The topological polar surface area (TPSA) is 68.7 Å². The third kappa shape index (κ3) is 2.62. The molecule has 1 aliphatic carbocycles. The monoisotopic (exact) mass is 330 g/mol. The zero-order chi connectivity index (χ0) is 16.7. The molecule has 2 atom stereocenters. The van der Waals surface area contributed by atoms with Gasteiger partial charge >= 0.3 is 0 Å². The van der Waals surface area contributed by atoms with Gasteiger partial charge in [0.15, 0.2) is 0 Å². The molecule has 0 radical (unpaired) electrons. The minimum atomic E-state index is -0.490. The number of aromatic nitrogens is 1. The smallest absolute Gasteiger partial charge is 0.276 e. The van der Waals surface area contributed by atoms with Crippen LogP contribution in [-0.2, 0) is 13.0 Å². The van der Waals surface area contributed by atoms with Crippen molar-refractivity contribution in [3.8, 4) is 0 Å². The molecule has 0 bridgehead atoms. The maximum absolute atomic E-state index is 11.5. The Hall–Kier alpha value is -1.50. The Bertz CT molecular complexity index is 650. The summed E-state index contributed by atoms with van der Waals surface area (Å²) in [5.74, 6) is -0.490. The standard InChI is InChI=1S/C18H26N4O2/c1-21-7-2-5-18(12-21)6-3-16(18)22-8-4-13-9-14(17(23)20-24)10-19-15(13)11-22/h9-10,16,24H,2-8,11-12H2,1H3,(H,20,23)/t16-,18+/m0/s1. The normalized spacial score (nSPS) is 30.7. The highest BCUT2D eigenvalue weighted by Gasteiger charge is 2.51. The van der Waals surface area contributed by atoms with Gasteiger partial charge in [0.2, 0.25) is 0 Å². The van der Waals surface area contributed by atoms with E-state index in [1.165, 1.54) is 38.8 Å². The molecule has 1 saturated carbocycles. The van der Waals surface area contributed by atoms with E-state index in [2.05, 4.69) is 21.8 Å². The van der Waals surface area contributed by atoms with Gasteiger partial charge in [-0.05, 0) is 62.7 Å².